The third-order valence-electron chi connectivity index (χ3n) is 5.71. The van der Waals surface area contributed by atoms with Crippen LogP contribution in [0.15, 0.2) is 97.1 Å². The molecular formula is C28H20O4. The minimum Gasteiger partial charge on any atom is -0.423 e. The molecule has 0 fully saturated rings. The van der Waals surface area contributed by atoms with E-state index in [1.54, 1.807) is 48.5 Å². The number of fused-ring (bicyclic) bond motifs is 3. The fourth-order valence-corrected chi connectivity index (χ4v) is 4.06. The predicted molar refractivity (Wildman–Crippen MR) is 122 cm³/mol. The van der Waals surface area contributed by atoms with Crippen LogP contribution in [-0.4, -0.2) is 11.9 Å². The molecule has 0 atom stereocenters. The zero-order valence-corrected chi connectivity index (χ0v) is 17.4. The van der Waals surface area contributed by atoms with Crippen molar-refractivity contribution in [3.63, 3.8) is 0 Å². The first-order valence-electron chi connectivity index (χ1n) is 10.4. The summed E-state index contributed by atoms with van der Waals surface area (Å²) in [5.74, 6) is 0.319. The van der Waals surface area contributed by atoms with E-state index >= 15 is 0 Å². The Balaban J connectivity index is 1.38. The number of hydrogen-bond acceptors (Lipinski definition) is 4. The van der Waals surface area contributed by atoms with E-state index in [-0.39, 0.29) is 17.9 Å². The second kappa shape index (κ2) is 8.16. The Labute approximate surface area is 186 Å². The van der Waals surface area contributed by atoms with Gasteiger partial charge in [0.25, 0.3) is 0 Å². The number of carbonyl (C=O) groups excluding carboxylic acids is 2. The Bertz CT molecular complexity index is 1210. The van der Waals surface area contributed by atoms with E-state index < -0.39 is 0 Å². The van der Waals surface area contributed by atoms with Gasteiger partial charge in [-0.3, -0.25) is 0 Å². The third kappa shape index (κ3) is 3.67. The normalized spacial score (nSPS) is 12.0. The summed E-state index contributed by atoms with van der Waals surface area (Å²) in [7, 11) is 0. The molecule has 0 saturated heterocycles. The van der Waals surface area contributed by atoms with Gasteiger partial charge in [0.1, 0.15) is 11.5 Å². The van der Waals surface area contributed by atoms with Gasteiger partial charge in [0.2, 0.25) is 0 Å². The van der Waals surface area contributed by atoms with E-state index in [1.807, 2.05) is 48.5 Å². The summed E-state index contributed by atoms with van der Waals surface area (Å²) < 4.78 is 11.2. The molecule has 0 bridgehead atoms. The number of carbonyl (C=O) groups is 2. The molecule has 0 amide bonds. The first kappa shape index (κ1) is 19.8. The van der Waals surface area contributed by atoms with Crippen LogP contribution in [0.2, 0.25) is 0 Å². The maximum Gasteiger partial charge on any atom is 0.343 e. The zero-order chi connectivity index (χ0) is 22.1. The van der Waals surface area contributed by atoms with Crippen LogP contribution in [0.1, 0.15) is 44.7 Å². The van der Waals surface area contributed by atoms with Crippen LogP contribution in [-0.2, 0) is 0 Å². The second-order valence-electron chi connectivity index (χ2n) is 7.73. The maximum atomic E-state index is 12.4. The van der Waals surface area contributed by atoms with E-state index in [0.29, 0.717) is 22.6 Å². The van der Waals surface area contributed by atoms with Gasteiger partial charge >= 0.3 is 11.9 Å². The van der Waals surface area contributed by atoms with Gasteiger partial charge in [-0.05, 0) is 70.8 Å². The Morgan fingerprint density at radius 2 is 1.00 bits per heavy atom. The number of rotatable bonds is 4. The quantitative estimate of drug-likeness (QED) is 0.289. The number of esters is 2. The molecule has 0 radical (unpaired) electrons. The summed E-state index contributed by atoms with van der Waals surface area (Å²) in [4.78, 5) is 24.8. The van der Waals surface area contributed by atoms with Gasteiger partial charge in [-0.25, -0.2) is 9.59 Å². The zero-order valence-electron chi connectivity index (χ0n) is 17.4. The molecule has 1 aliphatic rings. The van der Waals surface area contributed by atoms with Crippen molar-refractivity contribution in [2.45, 2.75) is 12.8 Å². The lowest BCUT2D eigenvalue weighted by atomic mass is 9.99. The molecule has 0 heterocycles. The molecule has 4 heteroatoms. The summed E-state index contributed by atoms with van der Waals surface area (Å²) in [6.07, 6.45) is 0. The lowest BCUT2D eigenvalue weighted by Gasteiger charge is -2.10. The van der Waals surface area contributed by atoms with Crippen LogP contribution in [0.3, 0.4) is 0 Å². The molecule has 0 saturated carbocycles. The van der Waals surface area contributed by atoms with Crippen LogP contribution in [0, 0.1) is 0 Å². The predicted octanol–water partition coefficient (Wildman–Crippen LogP) is 6.26. The van der Waals surface area contributed by atoms with E-state index in [9.17, 15) is 9.59 Å². The highest BCUT2D eigenvalue weighted by Gasteiger charge is 2.27. The van der Waals surface area contributed by atoms with Crippen LogP contribution in [0.25, 0.3) is 11.1 Å². The van der Waals surface area contributed by atoms with E-state index in [2.05, 4.69) is 6.92 Å². The average molecular weight is 420 g/mol. The average Bonchev–Trinajstić information content (AvgIpc) is 3.11. The summed E-state index contributed by atoms with van der Waals surface area (Å²) in [6, 6.07) is 29.2. The highest BCUT2D eigenvalue weighted by Crippen LogP contribution is 2.47. The number of benzene rings is 4. The third-order valence-corrected chi connectivity index (χ3v) is 5.71. The summed E-state index contributed by atoms with van der Waals surface area (Å²) in [5, 5.41) is 0. The molecule has 4 aromatic rings. The molecular weight excluding hydrogens is 400 g/mol. The molecule has 1 aliphatic carbocycles. The highest BCUT2D eigenvalue weighted by atomic mass is 16.5. The molecule has 0 aliphatic heterocycles. The largest absolute Gasteiger partial charge is 0.423 e. The van der Waals surface area contributed by atoms with E-state index in [4.69, 9.17) is 9.47 Å². The summed E-state index contributed by atoms with van der Waals surface area (Å²) in [5.41, 5.74) is 5.35. The molecule has 0 N–H and O–H groups in total. The summed E-state index contributed by atoms with van der Waals surface area (Å²) >= 11 is 0. The van der Waals surface area contributed by atoms with E-state index in [0.717, 1.165) is 22.3 Å². The molecule has 32 heavy (non-hydrogen) atoms. The molecule has 0 spiro atoms. The first-order valence-corrected chi connectivity index (χ1v) is 10.4. The Hall–Kier alpha value is -4.18. The van der Waals surface area contributed by atoms with Gasteiger partial charge in [0, 0.05) is 5.92 Å². The van der Waals surface area contributed by atoms with Crippen molar-refractivity contribution in [1.29, 1.82) is 0 Å². The first-order chi connectivity index (χ1) is 15.6. The van der Waals surface area contributed by atoms with Crippen molar-refractivity contribution in [2.75, 3.05) is 0 Å². The van der Waals surface area contributed by atoms with Crippen LogP contribution >= 0.6 is 0 Å². The second-order valence-corrected chi connectivity index (χ2v) is 7.73. The standard InChI is InChI=1S/C28H20O4/c1-18-25-16-21(31-27(29)19-8-4-2-5-9-19)12-14-23(25)24-15-13-22(17-26(18)24)32-28(30)20-10-6-3-7-11-20/h2-18H,1H3. The molecule has 0 unspecified atom stereocenters. The fourth-order valence-electron chi connectivity index (χ4n) is 4.06. The fraction of sp³-hybridized carbons (Fsp3) is 0.0714. The topological polar surface area (TPSA) is 52.6 Å². The van der Waals surface area contributed by atoms with Gasteiger partial charge in [-0.15, -0.1) is 0 Å². The van der Waals surface area contributed by atoms with Crippen molar-refractivity contribution in [2.24, 2.45) is 0 Å². The summed E-state index contributed by atoms with van der Waals surface area (Å²) in [6.45, 7) is 2.09. The van der Waals surface area contributed by atoms with Crippen molar-refractivity contribution in [3.05, 3.63) is 119 Å². The van der Waals surface area contributed by atoms with Crippen LogP contribution in [0.5, 0.6) is 11.5 Å². The minimum absolute atomic E-state index is 0.0748. The van der Waals surface area contributed by atoms with Gasteiger partial charge in [0.05, 0.1) is 11.1 Å². The molecule has 4 aromatic carbocycles. The van der Waals surface area contributed by atoms with Crippen LogP contribution < -0.4 is 9.47 Å². The molecule has 5 rings (SSSR count). The Morgan fingerprint density at radius 3 is 1.41 bits per heavy atom. The van der Waals surface area contributed by atoms with Gasteiger partial charge in [-0.1, -0.05) is 55.5 Å². The minimum atomic E-state index is -0.385. The Kier molecular flexibility index (Phi) is 5.04. The number of hydrogen-bond donors (Lipinski definition) is 0. The van der Waals surface area contributed by atoms with Crippen molar-refractivity contribution < 1.29 is 19.1 Å². The van der Waals surface area contributed by atoms with Crippen molar-refractivity contribution >= 4 is 11.9 Å². The highest BCUT2D eigenvalue weighted by molar-refractivity contribution is 5.92. The monoisotopic (exact) mass is 420 g/mol. The van der Waals surface area contributed by atoms with Gasteiger partial charge in [0.15, 0.2) is 0 Å². The smallest absolute Gasteiger partial charge is 0.343 e. The lowest BCUT2D eigenvalue weighted by Crippen LogP contribution is -2.08. The molecule has 4 nitrogen and oxygen atoms in total. The molecule has 0 aromatic heterocycles. The van der Waals surface area contributed by atoms with Gasteiger partial charge < -0.3 is 9.47 Å². The molecule has 156 valence electrons. The maximum absolute atomic E-state index is 12.4. The van der Waals surface area contributed by atoms with Crippen LogP contribution in [0.4, 0.5) is 0 Å². The SMILES string of the molecule is CC1c2cc(OC(=O)c3ccccc3)ccc2-c2ccc(OC(=O)c3ccccc3)cc21. The van der Waals surface area contributed by atoms with Crippen molar-refractivity contribution in [1.82, 2.24) is 0 Å². The van der Waals surface area contributed by atoms with Crippen molar-refractivity contribution in [3.8, 4) is 22.6 Å². The number of ether oxygens (including phenoxy) is 2. The lowest BCUT2D eigenvalue weighted by molar-refractivity contribution is 0.0725. The van der Waals surface area contributed by atoms with E-state index in [1.165, 1.54) is 0 Å². The van der Waals surface area contributed by atoms with Gasteiger partial charge in [-0.2, -0.15) is 0 Å². The Morgan fingerprint density at radius 1 is 0.594 bits per heavy atom.